The Labute approximate surface area is 152 Å². The van der Waals surface area contributed by atoms with Gasteiger partial charge in [-0.25, -0.2) is 18.8 Å². The van der Waals surface area contributed by atoms with E-state index < -0.39 is 28.9 Å². The van der Waals surface area contributed by atoms with Gasteiger partial charge in [0, 0.05) is 23.7 Å². The molecule has 0 amide bonds. The molecule has 25 heavy (non-hydrogen) atoms. The third-order valence-electron chi connectivity index (χ3n) is 3.65. The summed E-state index contributed by atoms with van der Waals surface area (Å²) in [6, 6.07) is 3.89. The van der Waals surface area contributed by atoms with Crippen LogP contribution in [0.2, 0.25) is 5.02 Å². The van der Waals surface area contributed by atoms with Crippen molar-refractivity contribution >= 4 is 47.1 Å². The van der Waals surface area contributed by atoms with E-state index in [0.717, 1.165) is 18.2 Å². The van der Waals surface area contributed by atoms with Crippen molar-refractivity contribution in [2.45, 2.75) is 19.3 Å². The number of rotatable bonds is 6. The molecule has 1 N–H and O–H groups in total. The maximum atomic E-state index is 14.7. The van der Waals surface area contributed by atoms with Crippen LogP contribution in [0.5, 0.6) is 0 Å². The van der Waals surface area contributed by atoms with Crippen molar-refractivity contribution in [1.29, 1.82) is 0 Å². The molecule has 0 radical (unpaired) electrons. The largest absolute Gasteiger partial charge is 0.327 e. The zero-order chi connectivity index (χ0) is 18.0. The molecule has 1 unspecified atom stereocenters. The summed E-state index contributed by atoms with van der Waals surface area (Å²) < 4.78 is 31.7. The molecule has 3 rings (SSSR count). The molecule has 2 aromatic rings. The van der Waals surface area contributed by atoms with E-state index in [0.29, 0.717) is 16.4 Å². The van der Waals surface area contributed by atoms with Crippen LogP contribution in [-0.2, 0) is 0 Å². The molecule has 0 saturated heterocycles. The van der Waals surface area contributed by atoms with E-state index in [1.54, 1.807) is 0 Å². The van der Waals surface area contributed by atoms with Gasteiger partial charge in [-0.2, -0.15) is 0 Å². The van der Waals surface area contributed by atoms with E-state index in [1.165, 1.54) is 36.5 Å². The predicted molar refractivity (Wildman–Crippen MR) is 97.2 cm³/mol. The monoisotopic (exact) mass is 381 g/mol. The first-order valence-electron chi connectivity index (χ1n) is 7.62. The minimum Gasteiger partial charge on any atom is -0.327 e. The lowest BCUT2D eigenvalue weighted by Crippen LogP contribution is -2.16. The molecule has 0 bridgehead atoms. The van der Waals surface area contributed by atoms with Gasteiger partial charge in [-0.15, -0.1) is 0 Å². The first-order chi connectivity index (χ1) is 12.0. The van der Waals surface area contributed by atoms with Gasteiger partial charge < -0.3 is 4.72 Å². The molecule has 0 aliphatic carbocycles. The Morgan fingerprint density at radius 2 is 2.20 bits per heavy atom. The van der Waals surface area contributed by atoms with E-state index in [1.807, 2.05) is 6.92 Å². The second-order valence-corrected chi connectivity index (χ2v) is 6.76. The number of nitrogens with one attached hydrogen (secondary N) is 1. The van der Waals surface area contributed by atoms with E-state index in [2.05, 4.69) is 14.7 Å². The number of fused-ring (bicyclic) bond motifs is 1. The highest BCUT2D eigenvalue weighted by Crippen LogP contribution is 2.36. The summed E-state index contributed by atoms with van der Waals surface area (Å²) in [6.07, 6.45) is 3.64. The smallest absolute Gasteiger partial charge is 0.181 e. The predicted octanol–water partition coefficient (Wildman–Crippen LogP) is 5.17. The number of ketones is 1. The van der Waals surface area contributed by atoms with Crippen molar-refractivity contribution in [3.63, 3.8) is 0 Å². The summed E-state index contributed by atoms with van der Waals surface area (Å²) in [5.74, 6) is -2.37. The number of Topliss-reactive ketones (excluding diaryl/α,β-unsaturated/α-hetero) is 1. The van der Waals surface area contributed by atoms with Gasteiger partial charge in [0.1, 0.15) is 5.82 Å². The third kappa shape index (κ3) is 3.52. The molecule has 8 heteroatoms. The Hall–Kier alpha value is -1.99. The Morgan fingerprint density at radius 1 is 1.40 bits per heavy atom. The average molecular weight is 382 g/mol. The number of anilines is 1. The standard InChI is InChI=1S/C17H14ClF2N3OS/c1-2-5-25-23-13-4-3-12(19)14(15(13)20)16(24)11-8-22-17-10(11)6-9(18)7-21-17/h3-4,6-8,11,23H,2,5H2,1H3. The SMILES string of the molecule is CCCSNc1ccc(F)c(C(=O)C2C=Nc3ncc(Cl)cc32)c1F. The van der Waals surface area contributed by atoms with E-state index >= 15 is 0 Å². The summed E-state index contributed by atoms with van der Waals surface area (Å²) in [5.41, 5.74) is -0.0797. The molecule has 0 fully saturated rings. The topological polar surface area (TPSA) is 54.4 Å². The molecule has 1 atom stereocenters. The number of benzene rings is 1. The molecule has 1 aliphatic heterocycles. The van der Waals surface area contributed by atoms with Crippen LogP contribution in [0.3, 0.4) is 0 Å². The molecule has 4 nitrogen and oxygen atoms in total. The van der Waals surface area contributed by atoms with Crippen molar-refractivity contribution in [3.8, 4) is 0 Å². The fourth-order valence-corrected chi connectivity index (χ4v) is 3.25. The van der Waals surface area contributed by atoms with Crippen LogP contribution in [0.1, 0.15) is 35.2 Å². The average Bonchev–Trinajstić information content (AvgIpc) is 3.00. The number of carbonyl (C=O) groups excluding carboxylic acids is 1. The summed E-state index contributed by atoms with van der Waals surface area (Å²) >= 11 is 7.20. The molecular weight excluding hydrogens is 368 g/mol. The number of nitrogens with zero attached hydrogens (tertiary/aromatic N) is 2. The van der Waals surface area contributed by atoms with Gasteiger partial charge in [-0.3, -0.25) is 4.79 Å². The van der Waals surface area contributed by atoms with E-state index in [9.17, 15) is 13.6 Å². The minimum absolute atomic E-state index is 0.0718. The molecule has 1 aromatic heterocycles. The van der Waals surface area contributed by atoms with E-state index in [4.69, 9.17) is 11.6 Å². The Kier molecular flexibility index (Phi) is 5.34. The molecule has 1 aliphatic rings. The molecule has 1 aromatic carbocycles. The number of aliphatic imine (C=N–C) groups is 1. The highest BCUT2D eigenvalue weighted by atomic mass is 35.5. The first-order valence-corrected chi connectivity index (χ1v) is 8.99. The van der Waals surface area contributed by atoms with E-state index in [-0.39, 0.29) is 5.69 Å². The van der Waals surface area contributed by atoms with Crippen molar-refractivity contribution in [1.82, 2.24) is 4.98 Å². The molecule has 0 spiro atoms. The van der Waals surface area contributed by atoms with Crippen LogP contribution in [0.4, 0.5) is 20.3 Å². The number of hydrogen-bond donors (Lipinski definition) is 1. The van der Waals surface area contributed by atoms with Gasteiger partial charge in [0.15, 0.2) is 17.4 Å². The quantitative estimate of drug-likeness (QED) is 0.426. The van der Waals surface area contributed by atoms with Crippen LogP contribution in [0.15, 0.2) is 29.4 Å². The Morgan fingerprint density at radius 3 is 2.96 bits per heavy atom. The maximum absolute atomic E-state index is 14.7. The lowest BCUT2D eigenvalue weighted by atomic mass is 9.92. The van der Waals surface area contributed by atoms with Crippen molar-refractivity contribution < 1.29 is 13.6 Å². The van der Waals surface area contributed by atoms with Crippen molar-refractivity contribution in [2.24, 2.45) is 4.99 Å². The summed E-state index contributed by atoms with van der Waals surface area (Å²) in [7, 11) is 0. The van der Waals surface area contributed by atoms with Crippen LogP contribution >= 0.6 is 23.5 Å². The van der Waals surface area contributed by atoms with Gasteiger partial charge >= 0.3 is 0 Å². The fourth-order valence-electron chi connectivity index (χ4n) is 2.46. The van der Waals surface area contributed by atoms with Crippen molar-refractivity contribution in [2.75, 3.05) is 10.5 Å². The summed E-state index contributed by atoms with van der Waals surface area (Å²) in [4.78, 5) is 20.8. The zero-order valence-corrected chi connectivity index (χ0v) is 14.8. The first kappa shape index (κ1) is 17.8. The highest BCUT2D eigenvalue weighted by Gasteiger charge is 2.32. The third-order valence-corrected chi connectivity index (χ3v) is 4.83. The maximum Gasteiger partial charge on any atom is 0.181 e. The molecule has 130 valence electrons. The van der Waals surface area contributed by atoms with Gasteiger partial charge in [-0.1, -0.05) is 30.5 Å². The lowest BCUT2D eigenvalue weighted by molar-refractivity contribution is 0.0977. The Bertz CT molecular complexity index is 860. The van der Waals surface area contributed by atoms with Crippen molar-refractivity contribution in [3.05, 3.63) is 52.2 Å². The minimum atomic E-state index is -0.913. The number of pyridine rings is 1. The number of halogens is 3. The van der Waals surface area contributed by atoms with Crippen LogP contribution in [0.25, 0.3) is 0 Å². The van der Waals surface area contributed by atoms with Gasteiger partial charge in [0.2, 0.25) is 0 Å². The Balaban J connectivity index is 1.95. The van der Waals surface area contributed by atoms with Gasteiger partial charge in [0.05, 0.1) is 22.2 Å². The van der Waals surface area contributed by atoms with Crippen LogP contribution in [0, 0.1) is 11.6 Å². The highest BCUT2D eigenvalue weighted by molar-refractivity contribution is 8.00. The molecule has 0 saturated carbocycles. The van der Waals surface area contributed by atoms with Crippen LogP contribution in [-0.4, -0.2) is 22.7 Å². The van der Waals surface area contributed by atoms with Gasteiger partial charge in [-0.05, 0) is 24.6 Å². The van der Waals surface area contributed by atoms with Gasteiger partial charge in [0.25, 0.3) is 0 Å². The summed E-state index contributed by atoms with van der Waals surface area (Å²) in [6.45, 7) is 1.99. The molecule has 2 heterocycles. The zero-order valence-electron chi connectivity index (χ0n) is 13.2. The summed E-state index contributed by atoms with van der Waals surface area (Å²) in [5, 5.41) is 0.328. The fraction of sp³-hybridized carbons (Fsp3) is 0.235. The normalized spacial score (nSPS) is 15.3. The molecular formula is C17H14ClF2N3OS. The number of carbonyl (C=O) groups is 1. The second kappa shape index (κ2) is 7.49. The number of hydrogen-bond acceptors (Lipinski definition) is 5. The number of aromatic nitrogens is 1. The van der Waals surface area contributed by atoms with Crippen LogP contribution < -0.4 is 4.72 Å². The lowest BCUT2D eigenvalue weighted by Gasteiger charge is -2.13. The second-order valence-electron chi connectivity index (χ2n) is 5.42.